The number of piperidine rings is 1. The van der Waals surface area contributed by atoms with Crippen LogP contribution in [0.3, 0.4) is 0 Å². The molecule has 11 heteroatoms. The fraction of sp³-hybridized carbons (Fsp3) is 0.364. The van der Waals surface area contributed by atoms with E-state index in [9.17, 15) is 26.7 Å². The van der Waals surface area contributed by atoms with E-state index < -0.39 is 42.6 Å². The molecule has 1 aromatic carbocycles. The lowest BCUT2D eigenvalue weighted by Crippen LogP contribution is -2.43. The minimum atomic E-state index is -4.71. The lowest BCUT2D eigenvalue weighted by molar-refractivity contribution is -0.142. The van der Waals surface area contributed by atoms with Crippen LogP contribution in [0.4, 0.5) is 22.0 Å². The number of furan rings is 1. The molecule has 1 amide bonds. The molecular formula is C22H20F5N3O3. The van der Waals surface area contributed by atoms with E-state index in [0.29, 0.717) is 0 Å². The number of aromatic nitrogens is 1. The van der Waals surface area contributed by atoms with Crippen LogP contribution in [0.25, 0.3) is 11.0 Å². The lowest BCUT2D eigenvalue weighted by atomic mass is 9.84. The maximum absolute atomic E-state index is 15.0. The molecule has 0 bridgehead atoms. The molecule has 33 heavy (non-hydrogen) atoms. The fourth-order valence-corrected chi connectivity index (χ4v) is 4.19. The Bertz CT molecular complexity index is 1210. The van der Waals surface area contributed by atoms with Gasteiger partial charge in [-0.2, -0.15) is 13.2 Å². The van der Waals surface area contributed by atoms with Crippen LogP contribution in [0.1, 0.15) is 45.3 Å². The number of fused-ring (bicyclic) bond motifs is 1. The van der Waals surface area contributed by atoms with Crippen LogP contribution >= 0.6 is 0 Å². The molecule has 1 atom stereocenters. The summed E-state index contributed by atoms with van der Waals surface area (Å²) in [6, 6.07) is 5.28. The first-order valence-electron chi connectivity index (χ1n) is 10.1. The molecule has 1 unspecified atom stereocenters. The van der Waals surface area contributed by atoms with Crippen molar-refractivity contribution in [2.75, 3.05) is 13.1 Å². The third-order valence-electron chi connectivity index (χ3n) is 5.66. The minimum absolute atomic E-state index is 0.0344. The Hall–Kier alpha value is -3.21. The number of rotatable bonds is 5. The third kappa shape index (κ3) is 4.24. The smallest absolute Gasteiger partial charge is 0.433 e. The van der Waals surface area contributed by atoms with Gasteiger partial charge < -0.3 is 20.2 Å². The van der Waals surface area contributed by atoms with Gasteiger partial charge in [0, 0.05) is 42.2 Å². The van der Waals surface area contributed by atoms with Crippen LogP contribution in [-0.4, -0.2) is 29.9 Å². The second kappa shape index (κ2) is 8.29. The number of nitrogens with one attached hydrogen (secondary N) is 1. The Kier molecular flexibility index (Phi) is 5.77. The van der Waals surface area contributed by atoms with Gasteiger partial charge in [-0.1, -0.05) is 6.07 Å². The number of hydrogen-bond donors (Lipinski definition) is 2. The quantitative estimate of drug-likeness (QED) is 0.536. The SMILES string of the molecule is Cc1oc2ccc(OCc3cccnc3C(F)(F)F)c(C3CNCCC3(F)F)c2c1C(N)=O. The second-order valence-electron chi connectivity index (χ2n) is 7.81. The first-order chi connectivity index (χ1) is 15.5. The van der Waals surface area contributed by atoms with E-state index in [1.54, 1.807) is 0 Å². The van der Waals surface area contributed by atoms with Gasteiger partial charge in [-0.3, -0.25) is 9.78 Å². The van der Waals surface area contributed by atoms with Crippen molar-refractivity contribution in [3.63, 3.8) is 0 Å². The molecule has 3 aromatic rings. The number of benzene rings is 1. The summed E-state index contributed by atoms with van der Waals surface area (Å²) in [5, 5.41) is 2.98. The number of aryl methyl sites for hydroxylation is 1. The number of hydrogen-bond acceptors (Lipinski definition) is 5. The predicted molar refractivity (Wildman–Crippen MR) is 108 cm³/mol. The van der Waals surface area contributed by atoms with E-state index in [-0.39, 0.29) is 52.3 Å². The average Bonchev–Trinajstić information content (AvgIpc) is 3.07. The average molecular weight is 469 g/mol. The molecule has 4 rings (SSSR count). The summed E-state index contributed by atoms with van der Waals surface area (Å²) in [5.74, 6) is -5.39. The molecular weight excluding hydrogens is 449 g/mol. The van der Waals surface area contributed by atoms with Crippen molar-refractivity contribution in [2.45, 2.75) is 38.0 Å². The van der Waals surface area contributed by atoms with Gasteiger partial charge in [-0.05, 0) is 25.1 Å². The van der Waals surface area contributed by atoms with Crippen molar-refractivity contribution in [1.29, 1.82) is 0 Å². The Morgan fingerprint density at radius 3 is 2.76 bits per heavy atom. The van der Waals surface area contributed by atoms with Gasteiger partial charge >= 0.3 is 6.18 Å². The van der Waals surface area contributed by atoms with Crippen molar-refractivity contribution in [2.24, 2.45) is 5.73 Å². The summed E-state index contributed by atoms with van der Waals surface area (Å²) in [5.41, 5.74) is 4.16. The summed E-state index contributed by atoms with van der Waals surface area (Å²) in [6.45, 7) is 0.863. The van der Waals surface area contributed by atoms with Gasteiger partial charge in [0.05, 0.1) is 11.5 Å². The number of pyridine rings is 1. The monoisotopic (exact) mass is 469 g/mol. The Labute approximate surface area is 184 Å². The first kappa shape index (κ1) is 23.0. The molecule has 0 radical (unpaired) electrons. The van der Waals surface area contributed by atoms with Crippen molar-refractivity contribution in [1.82, 2.24) is 10.3 Å². The lowest BCUT2D eigenvalue weighted by Gasteiger charge is -2.33. The zero-order valence-corrected chi connectivity index (χ0v) is 17.4. The molecule has 0 saturated carbocycles. The van der Waals surface area contributed by atoms with Crippen LogP contribution in [0.2, 0.25) is 0 Å². The minimum Gasteiger partial charge on any atom is -0.489 e. The molecule has 0 spiro atoms. The summed E-state index contributed by atoms with van der Waals surface area (Å²) in [6.07, 6.45) is -4.17. The van der Waals surface area contributed by atoms with E-state index in [1.807, 2.05) is 0 Å². The van der Waals surface area contributed by atoms with Gasteiger partial charge in [0.1, 0.15) is 23.7 Å². The molecule has 176 valence electrons. The molecule has 3 heterocycles. The highest BCUT2D eigenvalue weighted by Crippen LogP contribution is 2.46. The predicted octanol–water partition coefficient (Wildman–Crippen LogP) is 4.55. The van der Waals surface area contributed by atoms with E-state index in [2.05, 4.69) is 10.3 Å². The fourth-order valence-electron chi connectivity index (χ4n) is 4.19. The van der Waals surface area contributed by atoms with Crippen molar-refractivity contribution in [3.05, 3.63) is 58.6 Å². The molecule has 1 aliphatic heterocycles. The van der Waals surface area contributed by atoms with E-state index >= 15 is 0 Å². The summed E-state index contributed by atoms with van der Waals surface area (Å²) in [4.78, 5) is 15.5. The number of halogens is 5. The number of amides is 1. The molecule has 1 saturated heterocycles. The molecule has 2 aromatic heterocycles. The number of nitrogens with two attached hydrogens (primary N) is 1. The van der Waals surface area contributed by atoms with Gasteiger partial charge in [-0.25, -0.2) is 8.78 Å². The van der Waals surface area contributed by atoms with Crippen LogP contribution in [0, 0.1) is 6.92 Å². The van der Waals surface area contributed by atoms with Gasteiger partial charge in [0.15, 0.2) is 5.69 Å². The number of alkyl halides is 5. The highest BCUT2D eigenvalue weighted by molar-refractivity contribution is 6.08. The molecule has 1 aliphatic rings. The standard InChI is InChI=1S/C22H20F5N3O3/c1-11-16(20(28)31)18-15(33-11)5-4-14(17(18)13-9-29-8-6-21(13,23)24)32-10-12-3-2-7-30-19(12)22(25,26)27/h2-5,7,13,29H,6,8-10H2,1H3,(H2,28,31). The molecule has 3 N–H and O–H groups in total. The Balaban J connectivity index is 1.86. The third-order valence-corrected chi connectivity index (χ3v) is 5.66. The van der Waals surface area contributed by atoms with Crippen LogP contribution in [0.5, 0.6) is 5.75 Å². The second-order valence-corrected chi connectivity index (χ2v) is 7.81. The van der Waals surface area contributed by atoms with Crippen LogP contribution in [-0.2, 0) is 12.8 Å². The highest BCUT2D eigenvalue weighted by atomic mass is 19.4. The largest absolute Gasteiger partial charge is 0.489 e. The Morgan fingerprint density at radius 1 is 1.33 bits per heavy atom. The highest BCUT2D eigenvalue weighted by Gasteiger charge is 2.45. The molecule has 6 nitrogen and oxygen atoms in total. The zero-order valence-electron chi connectivity index (χ0n) is 17.4. The first-order valence-corrected chi connectivity index (χ1v) is 10.1. The van der Waals surface area contributed by atoms with Gasteiger partial charge in [0.25, 0.3) is 11.8 Å². The van der Waals surface area contributed by atoms with Crippen molar-refractivity contribution in [3.8, 4) is 5.75 Å². The number of ether oxygens (including phenoxy) is 1. The Morgan fingerprint density at radius 2 is 2.09 bits per heavy atom. The maximum Gasteiger partial charge on any atom is 0.433 e. The number of carbonyl (C=O) groups excluding carboxylic acids is 1. The van der Waals surface area contributed by atoms with Crippen molar-refractivity contribution < 1.29 is 35.9 Å². The summed E-state index contributed by atoms with van der Waals surface area (Å²) in [7, 11) is 0. The maximum atomic E-state index is 15.0. The normalized spacial score (nSPS) is 18.4. The number of carbonyl (C=O) groups is 1. The number of primary amides is 1. The number of nitrogens with zero attached hydrogens (tertiary/aromatic N) is 1. The summed E-state index contributed by atoms with van der Waals surface area (Å²) >= 11 is 0. The van der Waals surface area contributed by atoms with Gasteiger partial charge in [-0.15, -0.1) is 0 Å². The zero-order chi connectivity index (χ0) is 24.0. The van der Waals surface area contributed by atoms with Gasteiger partial charge in [0.2, 0.25) is 0 Å². The molecule has 0 aliphatic carbocycles. The van der Waals surface area contributed by atoms with Crippen molar-refractivity contribution >= 4 is 16.9 Å². The van der Waals surface area contributed by atoms with Crippen LogP contribution in [0.15, 0.2) is 34.9 Å². The molecule has 1 fully saturated rings. The van der Waals surface area contributed by atoms with E-state index in [4.69, 9.17) is 14.9 Å². The van der Waals surface area contributed by atoms with E-state index in [0.717, 1.165) is 6.20 Å². The topological polar surface area (TPSA) is 90.4 Å². The van der Waals surface area contributed by atoms with E-state index in [1.165, 1.54) is 31.2 Å². The summed E-state index contributed by atoms with van der Waals surface area (Å²) < 4.78 is 81.1. The van der Waals surface area contributed by atoms with Crippen LogP contribution < -0.4 is 15.8 Å².